The van der Waals surface area contributed by atoms with E-state index in [0.29, 0.717) is 5.56 Å². The van der Waals surface area contributed by atoms with E-state index in [1.165, 1.54) is 0 Å². The van der Waals surface area contributed by atoms with Crippen molar-refractivity contribution in [1.82, 2.24) is 10.2 Å². The molecule has 0 bridgehead atoms. The lowest BCUT2D eigenvalue weighted by molar-refractivity contribution is 0.931. The topological polar surface area (TPSA) is 71.8 Å². The van der Waals surface area contributed by atoms with Crippen molar-refractivity contribution in [2.75, 3.05) is 0 Å². The fourth-order valence-corrected chi connectivity index (χ4v) is 1.83. The minimum atomic E-state index is -0.215. The number of aromatic amines is 1. The molecule has 0 amide bonds. The largest absolute Gasteiger partial charge is 0.326 e. The molecule has 0 aliphatic heterocycles. The number of H-pyrrole nitrogens is 1. The van der Waals surface area contributed by atoms with Gasteiger partial charge in [0.15, 0.2) is 0 Å². The highest BCUT2D eigenvalue weighted by Crippen LogP contribution is 2.21. The summed E-state index contributed by atoms with van der Waals surface area (Å²) in [6.45, 7) is 0.232. The number of thiophene rings is 1. The van der Waals surface area contributed by atoms with E-state index in [-0.39, 0.29) is 12.1 Å². The van der Waals surface area contributed by atoms with Crippen LogP contribution in [-0.4, -0.2) is 10.2 Å². The minimum absolute atomic E-state index is 0.215. The third kappa shape index (κ3) is 1.59. The molecule has 0 unspecified atom stereocenters. The van der Waals surface area contributed by atoms with Gasteiger partial charge < -0.3 is 5.73 Å². The van der Waals surface area contributed by atoms with Crippen LogP contribution in [0.3, 0.4) is 0 Å². The maximum Gasteiger partial charge on any atom is 0.268 e. The van der Waals surface area contributed by atoms with Gasteiger partial charge in [0.05, 0.1) is 4.88 Å². The number of hydrogen-bond donors (Lipinski definition) is 2. The Labute approximate surface area is 84.4 Å². The van der Waals surface area contributed by atoms with Crippen molar-refractivity contribution in [1.29, 1.82) is 0 Å². The fourth-order valence-electron chi connectivity index (χ4n) is 1.15. The molecule has 0 radical (unpaired) electrons. The Morgan fingerprint density at radius 1 is 1.57 bits per heavy atom. The van der Waals surface area contributed by atoms with Crippen molar-refractivity contribution >= 4 is 11.3 Å². The van der Waals surface area contributed by atoms with Crippen LogP contribution in [0.25, 0.3) is 10.6 Å². The van der Waals surface area contributed by atoms with Gasteiger partial charge in [0.25, 0.3) is 5.56 Å². The average molecular weight is 207 g/mol. The average Bonchev–Trinajstić information content (AvgIpc) is 2.71. The second-order valence-corrected chi connectivity index (χ2v) is 3.74. The fraction of sp³-hybridized carbons (Fsp3) is 0.111. The molecule has 2 aromatic rings. The van der Waals surface area contributed by atoms with E-state index in [2.05, 4.69) is 10.2 Å². The zero-order chi connectivity index (χ0) is 9.97. The molecule has 4 nitrogen and oxygen atoms in total. The van der Waals surface area contributed by atoms with E-state index in [1.54, 1.807) is 17.4 Å². The summed E-state index contributed by atoms with van der Waals surface area (Å²) in [6, 6.07) is 5.62. The molecular formula is C9H9N3OS. The van der Waals surface area contributed by atoms with Crippen LogP contribution in [0.1, 0.15) is 5.56 Å². The van der Waals surface area contributed by atoms with Gasteiger partial charge in [-0.2, -0.15) is 5.10 Å². The molecule has 14 heavy (non-hydrogen) atoms. The molecule has 72 valence electrons. The van der Waals surface area contributed by atoms with Gasteiger partial charge in [0.1, 0.15) is 5.69 Å². The lowest BCUT2D eigenvalue weighted by Gasteiger charge is -1.98. The van der Waals surface area contributed by atoms with E-state index < -0.39 is 0 Å². The Kier molecular flexibility index (Phi) is 2.43. The first kappa shape index (κ1) is 9.11. The summed E-state index contributed by atoms with van der Waals surface area (Å²) >= 11 is 1.58. The van der Waals surface area contributed by atoms with Gasteiger partial charge in [0, 0.05) is 12.1 Å². The standard InChI is InChI=1S/C9H9N3OS/c10-5-6-4-7(11-12-9(6)13)8-2-1-3-14-8/h1-4H,5,10H2,(H,12,13). The van der Waals surface area contributed by atoms with Gasteiger partial charge >= 0.3 is 0 Å². The smallest absolute Gasteiger partial charge is 0.268 e. The number of rotatable bonds is 2. The van der Waals surface area contributed by atoms with Gasteiger partial charge in [-0.1, -0.05) is 6.07 Å². The van der Waals surface area contributed by atoms with Crippen LogP contribution in [0.4, 0.5) is 0 Å². The summed E-state index contributed by atoms with van der Waals surface area (Å²) < 4.78 is 0. The Balaban J connectivity index is 2.51. The lowest BCUT2D eigenvalue weighted by atomic mass is 10.2. The molecule has 2 aromatic heterocycles. The predicted octanol–water partition coefficient (Wildman–Crippen LogP) is 0.957. The van der Waals surface area contributed by atoms with E-state index in [4.69, 9.17) is 5.73 Å². The van der Waals surface area contributed by atoms with Gasteiger partial charge in [-0.3, -0.25) is 4.79 Å². The highest BCUT2D eigenvalue weighted by molar-refractivity contribution is 7.13. The number of nitrogens with zero attached hydrogens (tertiary/aromatic N) is 1. The molecule has 5 heteroatoms. The summed E-state index contributed by atoms with van der Waals surface area (Å²) in [6.07, 6.45) is 0. The second kappa shape index (κ2) is 3.73. The SMILES string of the molecule is NCc1cc(-c2cccs2)n[nH]c1=O. The zero-order valence-corrected chi connectivity index (χ0v) is 8.17. The van der Waals surface area contributed by atoms with Crippen LogP contribution in [0.2, 0.25) is 0 Å². The zero-order valence-electron chi connectivity index (χ0n) is 7.36. The molecule has 0 aliphatic rings. The summed E-state index contributed by atoms with van der Waals surface area (Å²) in [4.78, 5) is 12.2. The van der Waals surface area contributed by atoms with Crippen molar-refractivity contribution < 1.29 is 0 Å². The third-order valence-electron chi connectivity index (χ3n) is 1.87. The minimum Gasteiger partial charge on any atom is -0.326 e. The van der Waals surface area contributed by atoms with Gasteiger partial charge in [-0.15, -0.1) is 11.3 Å². The first-order valence-corrected chi connectivity index (χ1v) is 5.02. The Morgan fingerprint density at radius 2 is 2.43 bits per heavy atom. The molecule has 0 saturated heterocycles. The molecule has 0 fully saturated rings. The van der Waals surface area contributed by atoms with Crippen LogP contribution < -0.4 is 11.3 Å². The summed E-state index contributed by atoms with van der Waals surface area (Å²) in [5.41, 5.74) is 6.54. The van der Waals surface area contributed by atoms with E-state index in [1.807, 2.05) is 17.5 Å². The van der Waals surface area contributed by atoms with Gasteiger partial charge in [-0.25, -0.2) is 5.10 Å². The van der Waals surface area contributed by atoms with E-state index in [0.717, 1.165) is 10.6 Å². The Bertz CT molecular complexity index is 475. The normalized spacial score (nSPS) is 10.4. The molecule has 0 aromatic carbocycles. The molecule has 0 saturated carbocycles. The second-order valence-electron chi connectivity index (χ2n) is 2.79. The molecule has 0 aliphatic carbocycles. The van der Waals surface area contributed by atoms with E-state index >= 15 is 0 Å². The maximum absolute atomic E-state index is 11.2. The number of nitrogens with one attached hydrogen (secondary N) is 1. The summed E-state index contributed by atoms with van der Waals surface area (Å²) in [5.74, 6) is 0. The van der Waals surface area contributed by atoms with Crippen LogP contribution >= 0.6 is 11.3 Å². The molecule has 2 rings (SSSR count). The number of hydrogen-bond acceptors (Lipinski definition) is 4. The van der Waals surface area contributed by atoms with Gasteiger partial charge in [0.2, 0.25) is 0 Å². The molecule has 0 atom stereocenters. The molecule has 2 heterocycles. The van der Waals surface area contributed by atoms with Crippen molar-refractivity contribution in [3.8, 4) is 10.6 Å². The van der Waals surface area contributed by atoms with Crippen molar-refractivity contribution in [3.63, 3.8) is 0 Å². The maximum atomic E-state index is 11.2. The van der Waals surface area contributed by atoms with Crippen LogP contribution in [0.5, 0.6) is 0 Å². The highest BCUT2D eigenvalue weighted by Gasteiger charge is 2.04. The van der Waals surface area contributed by atoms with Crippen LogP contribution in [0, 0.1) is 0 Å². The first-order chi connectivity index (χ1) is 6.81. The molecule has 0 spiro atoms. The Morgan fingerprint density at radius 3 is 3.07 bits per heavy atom. The molecule has 3 N–H and O–H groups in total. The third-order valence-corrected chi connectivity index (χ3v) is 2.77. The van der Waals surface area contributed by atoms with Crippen molar-refractivity contribution in [2.45, 2.75) is 6.54 Å². The monoisotopic (exact) mass is 207 g/mol. The van der Waals surface area contributed by atoms with Gasteiger partial charge in [-0.05, 0) is 17.5 Å². The molecular weight excluding hydrogens is 198 g/mol. The lowest BCUT2D eigenvalue weighted by Crippen LogP contribution is -2.17. The predicted molar refractivity (Wildman–Crippen MR) is 56.1 cm³/mol. The van der Waals surface area contributed by atoms with Crippen molar-refractivity contribution in [3.05, 3.63) is 39.5 Å². The highest BCUT2D eigenvalue weighted by atomic mass is 32.1. The number of aromatic nitrogens is 2. The summed E-state index contributed by atoms with van der Waals surface area (Å²) in [5, 5.41) is 8.34. The first-order valence-electron chi connectivity index (χ1n) is 4.14. The van der Waals surface area contributed by atoms with Crippen molar-refractivity contribution in [2.24, 2.45) is 5.73 Å². The Hall–Kier alpha value is -1.46. The van der Waals surface area contributed by atoms with Crippen LogP contribution in [-0.2, 0) is 6.54 Å². The van der Waals surface area contributed by atoms with Crippen LogP contribution in [0.15, 0.2) is 28.4 Å². The summed E-state index contributed by atoms with van der Waals surface area (Å²) in [7, 11) is 0. The quantitative estimate of drug-likeness (QED) is 0.770. The van der Waals surface area contributed by atoms with E-state index in [9.17, 15) is 4.79 Å². The number of nitrogens with two attached hydrogens (primary N) is 1.